The van der Waals surface area contributed by atoms with Gasteiger partial charge < -0.3 is 15.0 Å². The van der Waals surface area contributed by atoms with Crippen molar-refractivity contribution in [3.05, 3.63) is 0 Å². The van der Waals surface area contributed by atoms with Crippen LogP contribution in [0.2, 0.25) is 0 Å². The third kappa shape index (κ3) is 3.94. The normalized spacial score (nSPS) is 32.8. The molecular formula is C14H28N2O. The molecule has 0 aromatic heterocycles. The van der Waals surface area contributed by atoms with Crippen molar-refractivity contribution in [2.45, 2.75) is 51.6 Å². The lowest BCUT2D eigenvalue weighted by Crippen LogP contribution is -2.47. The van der Waals surface area contributed by atoms with E-state index < -0.39 is 0 Å². The zero-order valence-electron chi connectivity index (χ0n) is 11.5. The van der Waals surface area contributed by atoms with E-state index in [1.165, 1.54) is 45.3 Å². The predicted molar refractivity (Wildman–Crippen MR) is 71.3 cm³/mol. The first-order valence-electron chi connectivity index (χ1n) is 7.35. The molecule has 0 bridgehead atoms. The van der Waals surface area contributed by atoms with E-state index in [0.29, 0.717) is 12.1 Å². The van der Waals surface area contributed by atoms with Crippen molar-refractivity contribution in [1.82, 2.24) is 10.2 Å². The lowest BCUT2D eigenvalue weighted by atomic mass is 9.91. The number of likely N-dealkylation sites (tertiary alicyclic amines) is 1. The zero-order valence-corrected chi connectivity index (χ0v) is 11.5. The number of nitrogens with zero attached hydrogens (tertiary/aromatic N) is 1. The number of hydrogen-bond donors (Lipinski definition) is 1. The molecule has 0 aromatic carbocycles. The highest BCUT2D eigenvalue weighted by Crippen LogP contribution is 2.21. The average Bonchev–Trinajstić information content (AvgIpc) is 2.83. The Labute approximate surface area is 106 Å². The van der Waals surface area contributed by atoms with Crippen molar-refractivity contribution in [2.75, 3.05) is 32.8 Å². The molecule has 0 radical (unpaired) electrons. The molecule has 2 aliphatic heterocycles. The lowest BCUT2D eigenvalue weighted by Gasteiger charge is -2.36. The molecule has 3 unspecified atom stereocenters. The van der Waals surface area contributed by atoms with E-state index in [9.17, 15) is 0 Å². The van der Waals surface area contributed by atoms with Gasteiger partial charge in [0, 0.05) is 25.2 Å². The average molecular weight is 240 g/mol. The minimum absolute atomic E-state index is 0.603. The summed E-state index contributed by atoms with van der Waals surface area (Å²) in [4.78, 5) is 2.64. The highest BCUT2D eigenvalue weighted by Gasteiger charge is 2.26. The summed E-state index contributed by atoms with van der Waals surface area (Å²) in [5.74, 6) is 0.830. The molecule has 2 saturated heterocycles. The van der Waals surface area contributed by atoms with Gasteiger partial charge in [-0.1, -0.05) is 6.92 Å². The van der Waals surface area contributed by atoms with Crippen molar-refractivity contribution in [3.8, 4) is 0 Å². The first-order valence-corrected chi connectivity index (χ1v) is 7.35. The number of ether oxygens (including phenoxy) is 1. The highest BCUT2D eigenvalue weighted by atomic mass is 16.5. The van der Waals surface area contributed by atoms with Gasteiger partial charge in [0.15, 0.2) is 0 Å². The molecule has 2 fully saturated rings. The standard InChI is InChI=1S/C14H28N2O/c1-3-7-16-8-4-5-13(10-16)12(2)15-14-6-9-17-11-14/h12-15H,3-11H2,1-2H3. The molecule has 0 saturated carbocycles. The predicted octanol–water partition coefficient (Wildman–Crippen LogP) is 1.88. The maximum absolute atomic E-state index is 5.43. The Morgan fingerprint density at radius 1 is 1.41 bits per heavy atom. The van der Waals surface area contributed by atoms with Crippen LogP contribution >= 0.6 is 0 Å². The highest BCUT2D eigenvalue weighted by molar-refractivity contribution is 4.83. The van der Waals surface area contributed by atoms with Crippen molar-refractivity contribution >= 4 is 0 Å². The van der Waals surface area contributed by atoms with Gasteiger partial charge >= 0.3 is 0 Å². The van der Waals surface area contributed by atoms with E-state index in [-0.39, 0.29) is 0 Å². The smallest absolute Gasteiger partial charge is 0.0620 e. The summed E-state index contributed by atoms with van der Waals surface area (Å²) in [6.45, 7) is 10.4. The van der Waals surface area contributed by atoms with Gasteiger partial charge in [-0.25, -0.2) is 0 Å². The Hall–Kier alpha value is -0.120. The van der Waals surface area contributed by atoms with Crippen molar-refractivity contribution in [1.29, 1.82) is 0 Å². The Morgan fingerprint density at radius 2 is 2.29 bits per heavy atom. The van der Waals surface area contributed by atoms with Crippen LogP contribution in [-0.4, -0.2) is 49.8 Å². The summed E-state index contributed by atoms with van der Waals surface area (Å²) in [6, 6.07) is 1.24. The van der Waals surface area contributed by atoms with Gasteiger partial charge in [-0.05, 0) is 51.6 Å². The van der Waals surface area contributed by atoms with Crippen LogP contribution in [0.1, 0.15) is 39.5 Å². The van der Waals surface area contributed by atoms with Gasteiger partial charge in [0.1, 0.15) is 0 Å². The summed E-state index contributed by atoms with van der Waals surface area (Å²) in [7, 11) is 0. The number of piperidine rings is 1. The van der Waals surface area contributed by atoms with Gasteiger partial charge in [0.25, 0.3) is 0 Å². The summed E-state index contributed by atoms with van der Waals surface area (Å²) in [5, 5.41) is 3.76. The SMILES string of the molecule is CCCN1CCCC(C(C)NC2CCOC2)C1. The topological polar surface area (TPSA) is 24.5 Å². The second-order valence-corrected chi connectivity index (χ2v) is 5.72. The van der Waals surface area contributed by atoms with Crippen LogP contribution in [0.25, 0.3) is 0 Å². The fraction of sp³-hybridized carbons (Fsp3) is 1.00. The molecule has 0 spiro atoms. The summed E-state index contributed by atoms with van der Waals surface area (Å²) < 4.78 is 5.43. The molecule has 0 amide bonds. The van der Waals surface area contributed by atoms with E-state index >= 15 is 0 Å². The summed E-state index contributed by atoms with van der Waals surface area (Å²) in [5.41, 5.74) is 0. The summed E-state index contributed by atoms with van der Waals surface area (Å²) >= 11 is 0. The third-order valence-corrected chi connectivity index (χ3v) is 4.22. The minimum atomic E-state index is 0.603. The lowest BCUT2D eigenvalue weighted by molar-refractivity contribution is 0.142. The Morgan fingerprint density at radius 3 is 3.00 bits per heavy atom. The van der Waals surface area contributed by atoms with Crippen molar-refractivity contribution in [3.63, 3.8) is 0 Å². The Bertz CT molecular complexity index is 214. The first kappa shape index (κ1) is 13.3. The molecule has 0 aliphatic carbocycles. The molecule has 3 atom stereocenters. The van der Waals surface area contributed by atoms with Crippen LogP contribution in [0.4, 0.5) is 0 Å². The van der Waals surface area contributed by atoms with Crippen LogP contribution < -0.4 is 5.32 Å². The molecule has 0 aromatic rings. The van der Waals surface area contributed by atoms with Crippen molar-refractivity contribution in [2.24, 2.45) is 5.92 Å². The van der Waals surface area contributed by atoms with Gasteiger partial charge in [0.2, 0.25) is 0 Å². The summed E-state index contributed by atoms with van der Waals surface area (Å²) in [6.07, 6.45) is 5.24. The first-order chi connectivity index (χ1) is 8.29. The molecule has 2 aliphatic rings. The second kappa shape index (κ2) is 6.72. The largest absolute Gasteiger partial charge is 0.380 e. The Kier molecular flexibility index (Phi) is 5.26. The van der Waals surface area contributed by atoms with Gasteiger partial charge in [-0.2, -0.15) is 0 Å². The van der Waals surface area contributed by atoms with E-state index in [4.69, 9.17) is 4.74 Å². The number of nitrogens with one attached hydrogen (secondary N) is 1. The van der Waals surface area contributed by atoms with Gasteiger partial charge in [-0.15, -0.1) is 0 Å². The van der Waals surface area contributed by atoms with Crippen LogP contribution in [0, 0.1) is 5.92 Å². The molecule has 3 heteroatoms. The van der Waals surface area contributed by atoms with Gasteiger partial charge in [-0.3, -0.25) is 0 Å². The molecule has 1 N–H and O–H groups in total. The van der Waals surface area contributed by atoms with Crippen molar-refractivity contribution < 1.29 is 4.74 Å². The third-order valence-electron chi connectivity index (χ3n) is 4.22. The number of rotatable bonds is 5. The fourth-order valence-electron chi connectivity index (χ4n) is 3.19. The Balaban J connectivity index is 1.75. The molecular weight excluding hydrogens is 212 g/mol. The minimum Gasteiger partial charge on any atom is -0.380 e. The molecule has 3 nitrogen and oxygen atoms in total. The van der Waals surface area contributed by atoms with Crippen LogP contribution in [-0.2, 0) is 4.74 Å². The fourth-order valence-corrected chi connectivity index (χ4v) is 3.19. The quantitative estimate of drug-likeness (QED) is 0.794. The number of hydrogen-bond acceptors (Lipinski definition) is 3. The van der Waals surface area contributed by atoms with E-state index in [0.717, 1.165) is 19.1 Å². The maximum Gasteiger partial charge on any atom is 0.0620 e. The van der Waals surface area contributed by atoms with E-state index in [1.54, 1.807) is 0 Å². The van der Waals surface area contributed by atoms with E-state index in [2.05, 4.69) is 24.1 Å². The zero-order chi connectivity index (χ0) is 12.1. The maximum atomic E-state index is 5.43. The molecule has 2 rings (SSSR count). The monoisotopic (exact) mass is 240 g/mol. The molecule has 17 heavy (non-hydrogen) atoms. The molecule has 100 valence electrons. The van der Waals surface area contributed by atoms with Crippen LogP contribution in [0.5, 0.6) is 0 Å². The van der Waals surface area contributed by atoms with E-state index in [1.807, 2.05) is 0 Å². The van der Waals surface area contributed by atoms with Gasteiger partial charge in [0.05, 0.1) is 6.61 Å². The van der Waals surface area contributed by atoms with Crippen LogP contribution in [0.15, 0.2) is 0 Å². The molecule has 2 heterocycles. The van der Waals surface area contributed by atoms with Crippen LogP contribution in [0.3, 0.4) is 0 Å². The second-order valence-electron chi connectivity index (χ2n) is 5.72.